The van der Waals surface area contributed by atoms with Gasteiger partial charge in [0.25, 0.3) is 0 Å². The lowest BCUT2D eigenvalue weighted by molar-refractivity contribution is 0.724. The third kappa shape index (κ3) is 1.67. The highest BCUT2D eigenvalue weighted by Crippen LogP contribution is 2.51. The van der Waals surface area contributed by atoms with Gasteiger partial charge in [0.05, 0.1) is 5.69 Å². The molecule has 23 heavy (non-hydrogen) atoms. The molecule has 1 unspecified atom stereocenters. The summed E-state index contributed by atoms with van der Waals surface area (Å²) in [6.07, 6.45) is 3.18. The van der Waals surface area contributed by atoms with Crippen molar-refractivity contribution in [1.82, 2.24) is 4.98 Å². The highest BCUT2D eigenvalue weighted by atomic mass is 15.5. The van der Waals surface area contributed by atoms with Gasteiger partial charge in [0.2, 0.25) is 0 Å². The summed E-state index contributed by atoms with van der Waals surface area (Å²) in [4.78, 5) is 9.53. The van der Waals surface area contributed by atoms with Crippen LogP contribution in [0.15, 0.2) is 66.9 Å². The monoisotopic (exact) mass is 299 g/mol. The lowest BCUT2D eigenvalue weighted by Gasteiger charge is -2.28. The van der Waals surface area contributed by atoms with Crippen molar-refractivity contribution in [3.8, 4) is 0 Å². The van der Waals surface area contributed by atoms with Gasteiger partial charge in [-0.15, -0.1) is 0 Å². The molecule has 2 aromatic carbocycles. The molecule has 0 bridgehead atoms. The van der Waals surface area contributed by atoms with Gasteiger partial charge < -0.3 is 9.80 Å². The normalized spacial score (nSPS) is 17.9. The Labute approximate surface area is 135 Å². The zero-order valence-electron chi connectivity index (χ0n) is 13.0. The first-order chi connectivity index (χ1) is 11.3. The second-order valence-corrected chi connectivity index (χ2v) is 6.19. The average molecular weight is 299 g/mol. The SMILES string of the molecule is Cc1ccccc1N1c2ncccc2N2c3ccccc3CC21. The van der Waals surface area contributed by atoms with Crippen LogP contribution in [0.1, 0.15) is 11.1 Å². The zero-order valence-corrected chi connectivity index (χ0v) is 13.0. The zero-order chi connectivity index (χ0) is 15.4. The first-order valence-electron chi connectivity index (χ1n) is 8.01. The van der Waals surface area contributed by atoms with Crippen LogP contribution in [0.2, 0.25) is 0 Å². The third-order valence-corrected chi connectivity index (χ3v) is 4.88. The maximum Gasteiger partial charge on any atom is 0.158 e. The van der Waals surface area contributed by atoms with E-state index in [2.05, 4.69) is 71.3 Å². The topological polar surface area (TPSA) is 19.4 Å². The number of rotatable bonds is 1. The number of hydrogen-bond acceptors (Lipinski definition) is 3. The predicted octanol–water partition coefficient (Wildman–Crippen LogP) is 4.56. The van der Waals surface area contributed by atoms with E-state index in [1.165, 1.54) is 28.2 Å². The van der Waals surface area contributed by atoms with Gasteiger partial charge in [0.15, 0.2) is 5.82 Å². The molecule has 5 rings (SSSR count). The standard InChI is InChI=1S/C20H17N3/c1-14-7-2-4-9-16(14)23-19-13-15-8-3-5-10-17(15)22(19)18-11-6-12-21-20(18)23/h2-12,19H,13H2,1H3. The Kier molecular flexibility index (Phi) is 2.54. The lowest BCUT2D eigenvalue weighted by Crippen LogP contribution is -2.36. The van der Waals surface area contributed by atoms with Gasteiger partial charge in [0.1, 0.15) is 6.17 Å². The van der Waals surface area contributed by atoms with Gasteiger partial charge in [-0.1, -0.05) is 36.4 Å². The number of benzene rings is 2. The molecular formula is C20H17N3. The van der Waals surface area contributed by atoms with Crippen molar-refractivity contribution >= 4 is 22.9 Å². The summed E-state index contributed by atoms with van der Waals surface area (Å²) < 4.78 is 0. The van der Waals surface area contributed by atoms with Gasteiger partial charge in [0, 0.05) is 24.0 Å². The van der Waals surface area contributed by atoms with Crippen molar-refractivity contribution < 1.29 is 0 Å². The molecule has 0 amide bonds. The first-order valence-corrected chi connectivity index (χ1v) is 8.01. The van der Waals surface area contributed by atoms with Crippen molar-refractivity contribution in [3.05, 3.63) is 78.0 Å². The maximum atomic E-state index is 4.70. The predicted molar refractivity (Wildman–Crippen MR) is 93.6 cm³/mol. The van der Waals surface area contributed by atoms with E-state index in [4.69, 9.17) is 4.98 Å². The van der Waals surface area contributed by atoms with Crippen molar-refractivity contribution in [2.75, 3.05) is 9.80 Å². The summed E-state index contributed by atoms with van der Waals surface area (Å²) in [5.41, 5.74) is 6.44. The molecule has 0 aliphatic carbocycles. The molecule has 112 valence electrons. The van der Waals surface area contributed by atoms with Gasteiger partial charge in [-0.25, -0.2) is 4.98 Å². The van der Waals surface area contributed by atoms with Gasteiger partial charge in [-0.05, 0) is 42.3 Å². The molecule has 1 aromatic heterocycles. The second kappa shape index (κ2) is 4.59. The van der Waals surface area contributed by atoms with Crippen LogP contribution in [0.5, 0.6) is 0 Å². The minimum Gasteiger partial charge on any atom is -0.316 e. The second-order valence-electron chi connectivity index (χ2n) is 6.19. The van der Waals surface area contributed by atoms with Crippen LogP contribution in [0.4, 0.5) is 22.9 Å². The number of nitrogens with zero attached hydrogens (tertiary/aromatic N) is 3. The van der Waals surface area contributed by atoms with Crippen molar-refractivity contribution in [3.63, 3.8) is 0 Å². The molecule has 3 heteroatoms. The number of para-hydroxylation sites is 2. The van der Waals surface area contributed by atoms with Crippen LogP contribution in [-0.2, 0) is 6.42 Å². The van der Waals surface area contributed by atoms with Crippen LogP contribution < -0.4 is 9.80 Å². The van der Waals surface area contributed by atoms with Crippen LogP contribution in [-0.4, -0.2) is 11.1 Å². The smallest absolute Gasteiger partial charge is 0.158 e. The van der Waals surface area contributed by atoms with Gasteiger partial charge >= 0.3 is 0 Å². The van der Waals surface area contributed by atoms with E-state index in [-0.39, 0.29) is 6.17 Å². The molecule has 0 N–H and O–H groups in total. The number of aryl methyl sites for hydroxylation is 1. The van der Waals surface area contributed by atoms with E-state index in [9.17, 15) is 0 Å². The molecule has 3 aromatic rings. The number of pyridine rings is 1. The Morgan fingerprint density at radius 3 is 2.43 bits per heavy atom. The molecule has 0 radical (unpaired) electrons. The first kappa shape index (κ1) is 12.7. The fraction of sp³-hybridized carbons (Fsp3) is 0.150. The average Bonchev–Trinajstić information content (AvgIpc) is 3.10. The Balaban J connectivity index is 1.74. The number of fused-ring (bicyclic) bond motifs is 5. The maximum absolute atomic E-state index is 4.70. The van der Waals surface area contributed by atoms with E-state index in [1.807, 2.05) is 12.3 Å². The minimum atomic E-state index is 0.276. The summed E-state index contributed by atoms with van der Waals surface area (Å²) in [6, 6.07) is 21.5. The van der Waals surface area contributed by atoms with Crippen molar-refractivity contribution in [1.29, 1.82) is 0 Å². The molecule has 1 atom stereocenters. The molecule has 3 nitrogen and oxygen atoms in total. The molecule has 2 aliphatic rings. The number of hydrogen-bond donors (Lipinski definition) is 0. The van der Waals surface area contributed by atoms with E-state index < -0.39 is 0 Å². The molecule has 0 saturated carbocycles. The highest BCUT2D eigenvalue weighted by molar-refractivity contribution is 5.89. The Morgan fingerprint density at radius 1 is 0.826 bits per heavy atom. The summed E-state index contributed by atoms with van der Waals surface area (Å²) in [7, 11) is 0. The van der Waals surface area contributed by atoms with Gasteiger partial charge in [-0.2, -0.15) is 0 Å². The summed E-state index contributed by atoms with van der Waals surface area (Å²) in [5.74, 6) is 1.06. The van der Waals surface area contributed by atoms with E-state index >= 15 is 0 Å². The highest BCUT2D eigenvalue weighted by Gasteiger charge is 2.43. The molecular weight excluding hydrogens is 282 g/mol. The quantitative estimate of drug-likeness (QED) is 0.656. The van der Waals surface area contributed by atoms with Crippen LogP contribution in [0.3, 0.4) is 0 Å². The molecule has 3 heterocycles. The van der Waals surface area contributed by atoms with Crippen molar-refractivity contribution in [2.45, 2.75) is 19.5 Å². The summed E-state index contributed by atoms with van der Waals surface area (Å²) in [6.45, 7) is 2.17. The molecule has 0 fully saturated rings. The van der Waals surface area contributed by atoms with Crippen molar-refractivity contribution in [2.24, 2.45) is 0 Å². The summed E-state index contributed by atoms with van der Waals surface area (Å²) >= 11 is 0. The molecule has 0 spiro atoms. The fourth-order valence-electron chi connectivity index (χ4n) is 3.88. The lowest BCUT2D eigenvalue weighted by atomic mass is 10.1. The van der Waals surface area contributed by atoms with E-state index in [0.717, 1.165) is 12.2 Å². The number of anilines is 4. The van der Waals surface area contributed by atoms with Crippen LogP contribution in [0.25, 0.3) is 0 Å². The summed E-state index contributed by atoms with van der Waals surface area (Å²) in [5, 5.41) is 0. The van der Waals surface area contributed by atoms with Gasteiger partial charge in [-0.3, -0.25) is 0 Å². The Morgan fingerprint density at radius 2 is 1.57 bits per heavy atom. The Hall–Kier alpha value is -2.81. The molecule has 0 saturated heterocycles. The largest absolute Gasteiger partial charge is 0.316 e. The fourth-order valence-corrected chi connectivity index (χ4v) is 3.88. The van der Waals surface area contributed by atoms with Crippen LogP contribution >= 0.6 is 0 Å². The minimum absolute atomic E-state index is 0.276. The third-order valence-electron chi connectivity index (χ3n) is 4.88. The van der Waals surface area contributed by atoms with E-state index in [1.54, 1.807) is 0 Å². The number of aromatic nitrogens is 1. The molecule has 2 aliphatic heterocycles. The van der Waals surface area contributed by atoms with Crippen LogP contribution in [0, 0.1) is 6.92 Å². The van der Waals surface area contributed by atoms with E-state index in [0.29, 0.717) is 0 Å². The Bertz CT molecular complexity index is 903.